The maximum Gasteiger partial charge on any atom is 0.195 e. The number of halogens is 3. The van der Waals surface area contributed by atoms with Crippen molar-refractivity contribution in [2.45, 2.75) is 45.3 Å². The minimum Gasteiger partial charge on any atom is -0.491 e. The van der Waals surface area contributed by atoms with Crippen LogP contribution in [-0.4, -0.2) is 34.9 Å². The van der Waals surface area contributed by atoms with Crippen molar-refractivity contribution < 1.29 is 19.4 Å². The smallest absolute Gasteiger partial charge is 0.195 e. The van der Waals surface area contributed by atoms with E-state index in [-0.39, 0.29) is 5.78 Å². The van der Waals surface area contributed by atoms with Gasteiger partial charge in [-0.05, 0) is 69.5 Å². The highest BCUT2D eigenvalue weighted by atomic mass is 79.9. The van der Waals surface area contributed by atoms with Gasteiger partial charge >= 0.3 is 0 Å². The second-order valence-electron chi connectivity index (χ2n) is 8.94. The van der Waals surface area contributed by atoms with E-state index in [1.165, 1.54) is 0 Å². The molecule has 0 amide bonds. The number of benzene rings is 2. The van der Waals surface area contributed by atoms with Gasteiger partial charge in [0.1, 0.15) is 5.75 Å². The highest BCUT2D eigenvalue weighted by Crippen LogP contribution is 2.50. The molecule has 0 spiro atoms. The zero-order valence-electron chi connectivity index (χ0n) is 18.2. The van der Waals surface area contributed by atoms with E-state index in [0.717, 1.165) is 36.7 Å². The second-order valence-corrected chi connectivity index (χ2v) is 11.5. The Hall–Kier alpha value is -1.19. The van der Waals surface area contributed by atoms with Gasteiger partial charge in [0, 0.05) is 38.5 Å². The van der Waals surface area contributed by atoms with Crippen LogP contribution in [0.1, 0.15) is 61.3 Å². The van der Waals surface area contributed by atoms with E-state index >= 15 is 0 Å². The molecule has 2 aromatic carbocycles. The zero-order chi connectivity index (χ0) is 23.4. The quantitative estimate of drug-likeness (QED) is 0.231. The SMILES string of the molecule is CC(C)(O)OCCCOc1c(Br)cc2c(c1Br)C(C)(C)c1[nH]c3cc(Br)ccc3c1C2=O. The lowest BCUT2D eigenvalue weighted by Gasteiger charge is -2.34. The van der Waals surface area contributed by atoms with Crippen molar-refractivity contribution in [2.24, 2.45) is 0 Å². The van der Waals surface area contributed by atoms with Crippen molar-refractivity contribution in [1.29, 1.82) is 0 Å². The van der Waals surface area contributed by atoms with Crippen LogP contribution in [-0.2, 0) is 10.2 Å². The molecule has 2 N–H and O–H groups in total. The number of nitrogens with one attached hydrogen (secondary N) is 1. The third-order valence-corrected chi connectivity index (χ3v) is 7.49. The van der Waals surface area contributed by atoms with Gasteiger partial charge < -0.3 is 19.6 Å². The fourth-order valence-electron chi connectivity index (χ4n) is 4.21. The molecule has 1 heterocycles. The molecule has 0 aliphatic heterocycles. The molecule has 3 aromatic rings. The Balaban J connectivity index is 1.72. The molecule has 1 aromatic heterocycles. The average Bonchev–Trinajstić information content (AvgIpc) is 3.06. The van der Waals surface area contributed by atoms with Gasteiger partial charge in [-0.3, -0.25) is 4.79 Å². The van der Waals surface area contributed by atoms with Crippen molar-refractivity contribution in [3.63, 3.8) is 0 Å². The molecule has 0 bridgehead atoms. The maximum absolute atomic E-state index is 13.6. The average molecular weight is 630 g/mol. The van der Waals surface area contributed by atoms with Crippen LogP contribution < -0.4 is 4.74 Å². The molecule has 0 saturated carbocycles. The van der Waals surface area contributed by atoms with Crippen molar-refractivity contribution in [3.8, 4) is 5.75 Å². The van der Waals surface area contributed by atoms with Gasteiger partial charge in [-0.15, -0.1) is 0 Å². The minimum atomic E-state index is -1.16. The molecule has 0 fully saturated rings. The monoisotopic (exact) mass is 627 g/mol. The Morgan fingerprint density at radius 3 is 2.53 bits per heavy atom. The fraction of sp³-hybridized carbons (Fsp3) is 0.375. The van der Waals surface area contributed by atoms with Crippen molar-refractivity contribution in [2.75, 3.05) is 13.2 Å². The largest absolute Gasteiger partial charge is 0.491 e. The van der Waals surface area contributed by atoms with Crippen LogP contribution in [0, 0.1) is 0 Å². The number of fused-ring (bicyclic) bond motifs is 4. The van der Waals surface area contributed by atoms with Gasteiger partial charge in [-0.2, -0.15) is 0 Å². The number of aliphatic hydroxyl groups is 1. The van der Waals surface area contributed by atoms with Crippen LogP contribution in [0.15, 0.2) is 37.7 Å². The summed E-state index contributed by atoms with van der Waals surface area (Å²) in [4.78, 5) is 17.1. The van der Waals surface area contributed by atoms with E-state index < -0.39 is 11.2 Å². The molecule has 8 heteroatoms. The molecule has 0 radical (unpaired) electrons. The van der Waals surface area contributed by atoms with Crippen LogP contribution in [0.2, 0.25) is 0 Å². The molecule has 0 unspecified atom stereocenters. The molecule has 0 atom stereocenters. The second kappa shape index (κ2) is 8.55. The summed E-state index contributed by atoms with van der Waals surface area (Å²) in [6.45, 7) is 8.21. The van der Waals surface area contributed by atoms with Crippen LogP contribution >= 0.6 is 47.8 Å². The van der Waals surface area contributed by atoms with E-state index in [9.17, 15) is 9.90 Å². The van der Waals surface area contributed by atoms with Crippen molar-refractivity contribution >= 4 is 64.5 Å². The Morgan fingerprint density at radius 1 is 1.12 bits per heavy atom. The summed E-state index contributed by atoms with van der Waals surface area (Å²) in [5, 5.41) is 10.6. The van der Waals surface area contributed by atoms with E-state index in [1.807, 2.05) is 24.3 Å². The number of carbonyl (C=O) groups excluding carboxylic acids is 1. The lowest BCUT2D eigenvalue weighted by molar-refractivity contribution is -0.176. The predicted molar refractivity (Wildman–Crippen MR) is 136 cm³/mol. The number of H-pyrrole nitrogens is 1. The first kappa shape index (κ1) is 24.0. The Kier molecular flexibility index (Phi) is 6.40. The first-order chi connectivity index (χ1) is 14.9. The number of hydrogen-bond donors (Lipinski definition) is 2. The van der Waals surface area contributed by atoms with Crippen molar-refractivity contribution in [1.82, 2.24) is 4.98 Å². The third kappa shape index (κ3) is 4.20. The maximum atomic E-state index is 13.6. The molecule has 4 rings (SSSR count). The summed E-state index contributed by atoms with van der Waals surface area (Å²) in [5.74, 6) is -0.519. The summed E-state index contributed by atoms with van der Waals surface area (Å²) >= 11 is 10.8. The summed E-state index contributed by atoms with van der Waals surface area (Å²) in [5.41, 5.74) is 3.65. The Bertz CT molecular complexity index is 1220. The number of ketones is 1. The highest BCUT2D eigenvalue weighted by Gasteiger charge is 2.42. The summed E-state index contributed by atoms with van der Waals surface area (Å²) in [6, 6.07) is 7.78. The van der Waals surface area contributed by atoms with E-state index in [1.54, 1.807) is 13.8 Å². The van der Waals surface area contributed by atoms with Gasteiger partial charge in [0.2, 0.25) is 0 Å². The highest BCUT2D eigenvalue weighted by molar-refractivity contribution is 9.11. The van der Waals surface area contributed by atoms with Crippen LogP contribution in [0.3, 0.4) is 0 Å². The van der Waals surface area contributed by atoms with E-state index in [4.69, 9.17) is 9.47 Å². The molecule has 32 heavy (non-hydrogen) atoms. The lowest BCUT2D eigenvalue weighted by atomic mass is 9.71. The van der Waals surface area contributed by atoms with Gasteiger partial charge in [0.25, 0.3) is 0 Å². The van der Waals surface area contributed by atoms with Crippen LogP contribution in [0.4, 0.5) is 0 Å². The number of aromatic amines is 1. The van der Waals surface area contributed by atoms with Gasteiger partial charge in [0.05, 0.1) is 27.7 Å². The topological polar surface area (TPSA) is 71.5 Å². The van der Waals surface area contributed by atoms with E-state index in [0.29, 0.717) is 35.4 Å². The first-order valence-corrected chi connectivity index (χ1v) is 12.7. The lowest BCUT2D eigenvalue weighted by Crippen LogP contribution is -2.31. The first-order valence-electron chi connectivity index (χ1n) is 10.3. The minimum absolute atomic E-state index is 0.00516. The number of hydrogen-bond acceptors (Lipinski definition) is 4. The van der Waals surface area contributed by atoms with Gasteiger partial charge in [0.15, 0.2) is 11.6 Å². The third-order valence-electron chi connectivity index (χ3n) is 5.65. The van der Waals surface area contributed by atoms with Gasteiger partial charge in [-0.25, -0.2) is 0 Å². The molecule has 0 saturated heterocycles. The summed E-state index contributed by atoms with van der Waals surface area (Å²) in [6.07, 6.45) is 0.614. The fourth-order valence-corrected chi connectivity index (χ4v) is 6.42. The van der Waals surface area contributed by atoms with Crippen LogP contribution in [0.5, 0.6) is 5.75 Å². The van der Waals surface area contributed by atoms with Gasteiger partial charge in [-0.1, -0.05) is 35.8 Å². The summed E-state index contributed by atoms with van der Waals surface area (Å²) in [7, 11) is 0. The number of aromatic nitrogens is 1. The molecule has 1 aliphatic carbocycles. The Labute approximate surface area is 212 Å². The molecule has 5 nitrogen and oxygen atoms in total. The van der Waals surface area contributed by atoms with Crippen molar-refractivity contribution in [3.05, 3.63) is 60.1 Å². The standard InChI is InChI=1S/C24H24Br3NO4/c1-23(2)18-14(20(29)17-13-7-6-12(25)10-16(13)28-22(17)23)11-15(26)21(19(18)27)31-8-5-9-32-24(3,4)30/h6-7,10-11,28,30H,5,8-9H2,1-4H3. The summed E-state index contributed by atoms with van der Waals surface area (Å²) < 4.78 is 13.8. The molecular weight excluding hydrogens is 606 g/mol. The van der Waals surface area contributed by atoms with E-state index in [2.05, 4.69) is 66.6 Å². The predicted octanol–water partition coefficient (Wildman–Crippen LogP) is 6.84. The van der Waals surface area contributed by atoms with Crippen LogP contribution in [0.25, 0.3) is 10.9 Å². The molecule has 1 aliphatic rings. The normalized spacial score (nSPS) is 15.1. The number of ether oxygens (including phenoxy) is 2. The number of rotatable bonds is 6. The molecule has 170 valence electrons. The molecular formula is C24H24Br3NO4. The zero-order valence-corrected chi connectivity index (χ0v) is 23.0. The number of carbonyl (C=O) groups is 1. The Morgan fingerprint density at radius 2 is 1.84 bits per heavy atom.